The maximum Gasteiger partial charge on any atom is 0.308 e. The Morgan fingerprint density at radius 3 is 2.29 bits per heavy atom. The van der Waals surface area contributed by atoms with Crippen molar-refractivity contribution in [2.75, 3.05) is 6.54 Å². The number of aliphatic carboxylic acids is 1. The molecule has 0 rings (SSSR count). The molecule has 0 aromatic carbocycles. The van der Waals surface area contributed by atoms with Gasteiger partial charge in [0.15, 0.2) is 0 Å². The van der Waals surface area contributed by atoms with Crippen LogP contribution in [0.5, 0.6) is 0 Å². The number of carboxylic acid groups (broad SMARTS) is 1. The van der Waals surface area contributed by atoms with Crippen molar-refractivity contribution < 1.29 is 14.7 Å². The molecule has 0 saturated heterocycles. The topological polar surface area (TPSA) is 66.4 Å². The van der Waals surface area contributed by atoms with E-state index in [0.717, 1.165) is 6.42 Å². The Morgan fingerprint density at radius 2 is 1.93 bits per heavy atom. The van der Waals surface area contributed by atoms with E-state index in [0.29, 0.717) is 0 Å². The molecule has 1 unspecified atom stereocenters. The van der Waals surface area contributed by atoms with Crippen molar-refractivity contribution in [1.29, 1.82) is 0 Å². The number of rotatable bonds is 5. The molecule has 0 fully saturated rings. The number of amides is 1. The second-order valence-corrected chi connectivity index (χ2v) is 4.19. The number of carbonyl (C=O) groups excluding carboxylic acids is 1. The summed E-state index contributed by atoms with van der Waals surface area (Å²) in [5.41, 5.74) is -0.418. The molecule has 0 aliphatic rings. The maximum absolute atomic E-state index is 11.5. The quantitative estimate of drug-likeness (QED) is 0.703. The SMILES string of the molecule is CCC(C)(C)C(=O)NCC(C)C(=O)O. The molecule has 0 aliphatic carbocycles. The fourth-order valence-electron chi connectivity index (χ4n) is 0.733. The fourth-order valence-corrected chi connectivity index (χ4v) is 0.733. The van der Waals surface area contributed by atoms with Gasteiger partial charge in [-0.15, -0.1) is 0 Å². The molecule has 14 heavy (non-hydrogen) atoms. The first-order valence-electron chi connectivity index (χ1n) is 4.82. The maximum atomic E-state index is 11.5. The normalized spacial score (nSPS) is 13.4. The number of nitrogens with one attached hydrogen (secondary N) is 1. The first-order valence-corrected chi connectivity index (χ1v) is 4.82. The van der Waals surface area contributed by atoms with Crippen molar-refractivity contribution >= 4 is 11.9 Å². The average molecular weight is 201 g/mol. The van der Waals surface area contributed by atoms with E-state index in [4.69, 9.17) is 5.11 Å². The van der Waals surface area contributed by atoms with Crippen LogP contribution in [-0.2, 0) is 9.59 Å². The Kier molecular flexibility index (Phi) is 4.60. The summed E-state index contributed by atoms with van der Waals surface area (Å²) in [6.45, 7) is 7.38. The van der Waals surface area contributed by atoms with E-state index in [1.165, 1.54) is 0 Å². The van der Waals surface area contributed by atoms with Crippen LogP contribution in [-0.4, -0.2) is 23.5 Å². The third-order valence-corrected chi connectivity index (χ3v) is 2.49. The standard InChI is InChI=1S/C10H19NO3/c1-5-10(3,4)9(14)11-6-7(2)8(12)13/h7H,5-6H2,1-4H3,(H,11,14)(H,12,13). The molecule has 82 valence electrons. The van der Waals surface area contributed by atoms with E-state index in [1.54, 1.807) is 6.92 Å². The van der Waals surface area contributed by atoms with Crippen LogP contribution in [0.15, 0.2) is 0 Å². The van der Waals surface area contributed by atoms with Gasteiger partial charge in [0.05, 0.1) is 5.92 Å². The molecule has 2 N–H and O–H groups in total. The van der Waals surface area contributed by atoms with Gasteiger partial charge in [-0.1, -0.05) is 27.7 Å². The highest BCUT2D eigenvalue weighted by molar-refractivity contribution is 5.82. The minimum Gasteiger partial charge on any atom is -0.481 e. The highest BCUT2D eigenvalue weighted by Crippen LogP contribution is 2.19. The Balaban J connectivity index is 4.03. The summed E-state index contributed by atoms with van der Waals surface area (Å²) in [5, 5.41) is 11.2. The first kappa shape index (κ1) is 12.9. The third kappa shape index (κ3) is 3.77. The highest BCUT2D eigenvalue weighted by atomic mass is 16.4. The molecule has 0 aromatic rings. The van der Waals surface area contributed by atoms with E-state index >= 15 is 0 Å². The van der Waals surface area contributed by atoms with E-state index in [-0.39, 0.29) is 12.5 Å². The molecule has 0 saturated carbocycles. The average Bonchev–Trinajstić information content (AvgIpc) is 2.13. The number of hydrogen-bond acceptors (Lipinski definition) is 2. The van der Waals surface area contributed by atoms with E-state index < -0.39 is 17.3 Å². The fraction of sp³-hybridized carbons (Fsp3) is 0.800. The van der Waals surface area contributed by atoms with Gasteiger partial charge < -0.3 is 10.4 Å². The van der Waals surface area contributed by atoms with Gasteiger partial charge in [-0.25, -0.2) is 0 Å². The van der Waals surface area contributed by atoms with Gasteiger partial charge in [0.1, 0.15) is 0 Å². The van der Waals surface area contributed by atoms with Crippen molar-refractivity contribution in [2.45, 2.75) is 34.1 Å². The van der Waals surface area contributed by atoms with Crippen molar-refractivity contribution in [3.63, 3.8) is 0 Å². The summed E-state index contributed by atoms with van der Waals surface area (Å²) in [5.74, 6) is -1.51. The molecule has 0 radical (unpaired) electrons. The first-order chi connectivity index (χ1) is 6.31. The van der Waals surface area contributed by atoms with E-state index in [2.05, 4.69) is 5.32 Å². The minimum atomic E-state index is -0.889. The summed E-state index contributed by atoms with van der Waals surface area (Å²) < 4.78 is 0. The van der Waals surface area contributed by atoms with Crippen LogP contribution < -0.4 is 5.32 Å². The van der Waals surface area contributed by atoms with Crippen LogP contribution >= 0.6 is 0 Å². The molecular formula is C10H19NO3. The molecular weight excluding hydrogens is 182 g/mol. The summed E-state index contributed by atoms with van der Waals surface area (Å²) in [7, 11) is 0. The van der Waals surface area contributed by atoms with Gasteiger partial charge in [0.25, 0.3) is 0 Å². The summed E-state index contributed by atoms with van der Waals surface area (Å²) >= 11 is 0. The van der Waals surface area contributed by atoms with Crippen LogP contribution in [0, 0.1) is 11.3 Å². The van der Waals surface area contributed by atoms with Crippen molar-refractivity contribution in [2.24, 2.45) is 11.3 Å². The van der Waals surface area contributed by atoms with Crippen molar-refractivity contribution in [3.8, 4) is 0 Å². The molecule has 1 atom stereocenters. The minimum absolute atomic E-state index is 0.0897. The van der Waals surface area contributed by atoms with E-state index in [1.807, 2.05) is 20.8 Å². The van der Waals surface area contributed by atoms with E-state index in [9.17, 15) is 9.59 Å². The largest absolute Gasteiger partial charge is 0.481 e. The summed E-state index contributed by atoms with van der Waals surface area (Å²) in [6.07, 6.45) is 0.736. The van der Waals surface area contributed by atoms with Gasteiger partial charge >= 0.3 is 5.97 Å². The second kappa shape index (κ2) is 4.98. The third-order valence-electron chi connectivity index (χ3n) is 2.49. The highest BCUT2D eigenvalue weighted by Gasteiger charge is 2.25. The van der Waals surface area contributed by atoms with Gasteiger partial charge in [-0.05, 0) is 6.42 Å². The summed E-state index contributed by atoms with van der Waals surface area (Å²) in [6, 6.07) is 0. The number of carboxylic acids is 1. The molecule has 1 amide bonds. The van der Waals surface area contributed by atoms with Gasteiger partial charge in [-0.3, -0.25) is 9.59 Å². The van der Waals surface area contributed by atoms with Crippen molar-refractivity contribution in [3.05, 3.63) is 0 Å². The molecule has 0 heterocycles. The zero-order valence-electron chi connectivity index (χ0n) is 9.26. The van der Waals surface area contributed by atoms with Crippen LogP contribution in [0.4, 0.5) is 0 Å². The number of carbonyl (C=O) groups is 2. The van der Waals surface area contributed by atoms with Gasteiger partial charge in [-0.2, -0.15) is 0 Å². The van der Waals surface area contributed by atoms with Gasteiger partial charge in [0, 0.05) is 12.0 Å². The summed E-state index contributed by atoms with van der Waals surface area (Å²) in [4.78, 5) is 22.0. The number of hydrogen-bond donors (Lipinski definition) is 2. The van der Waals surface area contributed by atoms with Crippen LogP contribution in [0.3, 0.4) is 0 Å². The zero-order valence-corrected chi connectivity index (χ0v) is 9.26. The lowest BCUT2D eigenvalue weighted by molar-refractivity contribution is -0.141. The molecule has 4 heteroatoms. The second-order valence-electron chi connectivity index (χ2n) is 4.19. The molecule has 0 aromatic heterocycles. The Labute approximate surface area is 84.7 Å². The van der Waals surface area contributed by atoms with Crippen LogP contribution in [0.25, 0.3) is 0 Å². The smallest absolute Gasteiger partial charge is 0.308 e. The lowest BCUT2D eigenvalue weighted by Crippen LogP contribution is -2.39. The Bertz CT molecular complexity index is 223. The lowest BCUT2D eigenvalue weighted by atomic mass is 9.89. The predicted molar refractivity (Wildman–Crippen MR) is 53.9 cm³/mol. The molecule has 0 aliphatic heterocycles. The zero-order chi connectivity index (χ0) is 11.4. The Hall–Kier alpha value is -1.06. The monoisotopic (exact) mass is 201 g/mol. The van der Waals surface area contributed by atoms with Gasteiger partial charge in [0.2, 0.25) is 5.91 Å². The molecule has 4 nitrogen and oxygen atoms in total. The van der Waals surface area contributed by atoms with Crippen LogP contribution in [0.1, 0.15) is 34.1 Å². The molecule has 0 spiro atoms. The molecule has 0 bridgehead atoms. The van der Waals surface area contributed by atoms with Crippen LogP contribution in [0.2, 0.25) is 0 Å². The van der Waals surface area contributed by atoms with Crippen molar-refractivity contribution in [1.82, 2.24) is 5.32 Å². The lowest BCUT2D eigenvalue weighted by Gasteiger charge is -2.22. The Morgan fingerprint density at radius 1 is 1.43 bits per heavy atom. The predicted octanol–water partition coefficient (Wildman–Crippen LogP) is 1.26.